The van der Waals surface area contributed by atoms with E-state index in [4.69, 9.17) is 5.14 Å². The summed E-state index contributed by atoms with van der Waals surface area (Å²) in [6.07, 6.45) is 0. The van der Waals surface area contributed by atoms with E-state index in [1.54, 1.807) is 19.1 Å². The molecule has 0 saturated carbocycles. The predicted octanol–water partition coefficient (Wildman–Crippen LogP) is 0.751. The molecule has 0 amide bonds. The first kappa shape index (κ1) is 9.22. The van der Waals surface area contributed by atoms with Crippen molar-refractivity contribution in [3.8, 4) is 0 Å². The van der Waals surface area contributed by atoms with Crippen LogP contribution in [0, 0.1) is 19.9 Å². The summed E-state index contributed by atoms with van der Waals surface area (Å²) >= 11 is 0. The molecule has 0 aliphatic rings. The van der Waals surface area contributed by atoms with Gasteiger partial charge in [0, 0.05) is 6.07 Å². The summed E-state index contributed by atoms with van der Waals surface area (Å²) in [4.78, 5) is 0.0856. The van der Waals surface area contributed by atoms with Crippen LogP contribution in [0.2, 0.25) is 0 Å². The lowest BCUT2D eigenvalue weighted by Gasteiger charge is -2.04. The number of sulfonamides is 1. The van der Waals surface area contributed by atoms with Gasteiger partial charge in [-0.1, -0.05) is 12.1 Å². The Bertz CT molecular complexity index is 396. The third-order valence-electron chi connectivity index (χ3n) is 1.76. The molecule has 0 aliphatic heterocycles. The Kier molecular flexibility index (Phi) is 2.21. The summed E-state index contributed by atoms with van der Waals surface area (Å²) in [5.41, 5.74) is 1.57. The molecule has 4 heteroatoms. The molecular formula is C8H10NO2S. The van der Waals surface area contributed by atoms with E-state index in [0.29, 0.717) is 5.56 Å². The summed E-state index contributed by atoms with van der Waals surface area (Å²) in [6, 6.07) is 5.96. The van der Waals surface area contributed by atoms with E-state index in [0.717, 1.165) is 5.56 Å². The SMILES string of the molecule is Cc1cc[c]c(S(N)(=O)=O)c1C. The zero-order chi connectivity index (χ0) is 9.35. The lowest BCUT2D eigenvalue weighted by Crippen LogP contribution is -2.14. The molecule has 0 heterocycles. The van der Waals surface area contributed by atoms with E-state index >= 15 is 0 Å². The topological polar surface area (TPSA) is 60.2 Å². The van der Waals surface area contributed by atoms with Crippen molar-refractivity contribution in [2.24, 2.45) is 5.14 Å². The summed E-state index contributed by atoms with van der Waals surface area (Å²) in [5, 5.41) is 4.97. The summed E-state index contributed by atoms with van der Waals surface area (Å²) in [7, 11) is -3.61. The first-order valence-electron chi connectivity index (χ1n) is 3.43. The van der Waals surface area contributed by atoms with E-state index in [2.05, 4.69) is 6.07 Å². The number of hydrogen-bond donors (Lipinski definition) is 1. The second-order valence-corrected chi connectivity index (χ2v) is 4.16. The largest absolute Gasteiger partial charge is 0.238 e. The first-order chi connectivity index (χ1) is 5.43. The maximum atomic E-state index is 11.0. The fourth-order valence-corrected chi connectivity index (χ4v) is 1.77. The molecule has 3 nitrogen and oxygen atoms in total. The number of nitrogens with two attached hydrogens (primary N) is 1. The van der Waals surface area contributed by atoms with Gasteiger partial charge in [0.05, 0.1) is 4.90 Å². The number of rotatable bonds is 1. The van der Waals surface area contributed by atoms with Gasteiger partial charge in [0.2, 0.25) is 10.0 Å². The Morgan fingerprint density at radius 1 is 1.42 bits per heavy atom. The molecule has 0 fully saturated rings. The molecule has 0 spiro atoms. The van der Waals surface area contributed by atoms with Crippen molar-refractivity contribution in [3.05, 3.63) is 29.3 Å². The highest BCUT2D eigenvalue weighted by molar-refractivity contribution is 7.89. The third kappa shape index (κ3) is 1.65. The highest BCUT2D eigenvalue weighted by Crippen LogP contribution is 2.15. The summed E-state index contributed by atoms with van der Waals surface area (Å²) in [5.74, 6) is 0. The molecule has 0 aliphatic carbocycles. The minimum absolute atomic E-state index is 0.0856. The van der Waals surface area contributed by atoms with Crippen LogP contribution in [0.5, 0.6) is 0 Å². The van der Waals surface area contributed by atoms with Gasteiger partial charge in [0.15, 0.2) is 0 Å². The average molecular weight is 184 g/mol. The van der Waals surface area contributed by atoms with Gasteiger partial charge < -0.3 is 0 Å². The third-order valence-corrected chi connectivity index (χ3v) is 2.76. The maximum Gasteiger partial charge on any atom is 0.238 e. The second kappa shape index (κ2) is 2.88. The van der Waals surface area contributed by atoms with Gasteiger partial charge in [-0.2, -0.15) is 0 Å². The molecule has 1 aromatic rings. The number of aryl methyl sites for hydroxylation is 1. The van der Waals surface area contributed by atoms with E-state index in [9.17, 15) is 8.42 Å². The fourth-order valence-electron chi connectivity index (χ4n) is 0.950. The van der Waals surface area contributed by atoms with Crippen LogP contribution in [-0.2, 0) is 10.0 Å². The minimum atomic E-state index is -3.61. The van der Waals surface area contributed by atoms with Crippen molar-refractivity contribution >= 4 is 10.0 Å². The second-order valence-electron chi connectivity index (χ2n) is 2.66. The highest BCUT2D eigenvalue weighted by Gasteiger charge is 2.11. The van der Waals surface area contributed by atoms with Crippen LogP contribution in [0.15, 0.2) is 17.0 Å². The molecule has 0 atom stereocenters. The van der Waals surface area contributed by atoms with Crippen molar-refractivity contribution in [1.82, 2.24) is 0 Å². The van der Waals surface area contributed by atoms with Crippen molar-refractivity contribution in [2.45, 2.75) is 18.7 Å². The summed E-state index contributed by atoms with van der Waals surface area (Å²) in [6.45, 7) is 3.55. The number of benzene rings is 1. The van der Waals surface area contributed by atoms with E-state index in [-0.39, 0.29) is 4.90 Å². The van der Waals surface area contributed by atoms with Gasteiger partial charge in [0.1, 0.15) is 0 Å². The molecule has 0 unspecified atom stereocenters. The van der Waals surface area contributed by atoms with E-state index in [1.807, 2.05) is 6.92 Å². The molecule has 12 heavy (non-hydrogen) atoms. The standard InChI is InChI=1S/C8H10NO2S/c1-6-4-3-5-8(7(6)2)12(9,10)11/h3-4H,1-2H3,(H2,9,10,11). The molecule has 1 radical (unpaired) electrons. The highest BCUT2D eigenvalue weighted by atomic mass is 32.2. The zero-order valence-corrected chi connectivity index (χ0v) is 7.77. The van der Waals surface area contributed by atoms with Crippen LogP contribution in [0.25, 0.3) is 0 Å². The fraction of sp³-hybridized carbons (Fsp3) is 0.250. The lowest BCUT2D eigenvalue weighted by atomic mass is 10.1. The Morgan fingerprint density at radius 2 is 2.00 bits per heavy atom. The normalized spacial score (nSPS) is 11.6. The molecule has 0 bridgehead atoms. The van der Waals surface area contributed by atoms with Crippen molar-refractivity contribution < 1.29 is 8.42 Å². The van der Waals surface area contributed by atoms with Crippen LogP contribution in [0.3, 0.4) is 0 Å². The van der Waals surface area contributed by atoms with Gasteiger partial charge in [-0.3, -0.25) is 0 Å². The molecule has 1 aromatic carbocycles. The molecule has 0 saturated heterocycles. The maximum absolute atomic E-state index is 11.0. The first-order valence-corrected chi connectivity index (χ1v) is 4.98. The Balaban J connectivity index is 3.47. The van der Waals surface area contributed by atoms with Crippen LogP contribution < -0.4 is 5.14 Å². The Morgan fingerprint density at radius 3 is 2.42 bits per heavy atom. The monoisotopic (exact) mass is 184 g/mol. The number of hydrogen-bond acceptors (Lipinski definition) is 2. The Hall–Kier alpha value is -0.870. The van der Waals surface area contributed by atoms with Crippen LogP contribution in [0.4, 0.5) is 0 Å². The van der Waals surface area contributed by atoms with Gasteiger partial charge >= 0.3 is 0 Å². The van der Waals surface area contributed by atoms with Gasteiger partial charge in [-0.05, 0) is 25.0 Å². The molecule has 0 aromatic heterocycles. The smallest absolute Gasteiger partial charge is 0.225 e. The zero-order valence-electron chi connectivity index (χ0n) is 6.96. The van der Waals surface area contributed by atoms with Crippen LogP contribution >= 0.6 is 0 Å². The van der Waals surface area contributed by atoms with E-state index < -0.39 is 10.0 Å². The molecule has 2 N–H and O–H groups in total. The molecule has 65 valence electrons. The lowest BCUT2D eigenvalue weighted by molar-refractivity contribution is 0.597. The van der Waals surface area contributed by atoms with Crippen molar-refractivity contribution in [1.29, 1.82) is 0 Å². The molecule has 1 rings (SSSR count). The average Bonchev–Trinajstić information content (AvgIpc) is 1.92. The van der Waals surface area contributed by atoms with Crippen LogP contribution in [0.1, 0.15) is 11.1 Å². The minimum Gasteiger partial charge on any atom is -0.225 e. The quantitative estimate of drug-likeness (QED) is 0.700. The Labute approximate surface area is 72.3 Å². The summed E-state index contributed by atoms with van der Waals surface area (Å²) < 4.78 is 21.9. The van der Waals surface area contributed by atoms with Gasteiger partial charge in [-0.15, -0.1) is 0 Å². The van der Waals surface area contributed by atoms with Crippen LogP contribution in [-0.4, -0.2) is 8.42 Å². The van der Waals surface area contributed by atoms with Crippen molar-refractivity contribution in [3.63, 3.8) is 0 Å². The van der Waals surface area contributed by atoms with Gasteiger partial charge in [-0.25, -0.2) is 13.6 Å². The van der Waals surface area contributed by atoms with Gasteiger partial charge in [0.25, 0.3) is 0 Å². The van der Waals surface area contributed by atoms with Crippen molar-refractivity contribution in [2.75, 3.05) is 0 Å². The molecular weight excluding hydrogens is 174 g/mol. The van der Waals surface area contributed by atoms with E-state index in [1.165, 1.54) is 0 Å². The number of primary sulfonamides is 1. The predicted molar refractivity (Wildman–Crippen MR) is 46.1 cm³/mol.